The van der Waals surface area contributed by atoms with Gasteiger partial charge in [-0.3, -0.25) is 4.79 Å². The average Bonchev–Trinajstić information content (AvgIpc) is 2.28. The number of aliphatic hydroxyl groups is 1. The van der Waals surface area contributed by atoms with E-state index in [1.807, 2.05) is 44.0 Å². The summed E-state index contributed by atoms with van der Waals surface area (Å²) >= 11 is 0. The molecule has 0 atom stereocenters. The summed E-state index contributed by atoms with van der Waals surface area (Å²) < 4.78 is 0. The summed E-state index contributed by atoms with van der Waals surface area (Å²) in [6.07, 6.45) is 0. The summed E-state index contributed by atoms with van der Waals surface area (Å²) in [5, 5.41) is 12.2. The number of amides is 1. The van der Waals surface area contributed by atoms with E-state index in [4.69, 9.17) is 0 Å². The third kappa shape index (κ3) is 2.13. The average molecular weight is 234 g/mol. The molecule has 1 heterocycles. The summed E-state index contributed by atoms with van der Waals surface area (Å²) in [6.45, 7) is 4.46. The van der Waals surface area contributed by atoms with Crippen molar-refractivity contribution < 1.29 is 9.90 Å². The van der Waals surface area contributed by atoms with Gasteiger partial charge in [-0.25, -0.2) is 0 Å². The Hall–Kier alpha value is -1.55. The SMILES string of the molecule is CN1CC(=O)Nc2ccc(C(C)(C)CO)cc21. The van der Waals surface area contributed by atoms with Crippen molar-refractivity contribution in [3.63, 3.8) is 0 Å². The Labute approximate surface area is 101 Å². The van der Waals surface area contributed by atoms with Crippen LogP contribution in [0.25, 0.3) is 0 Å². The molecule has 1 aromatic carbocycles. The highest BCUT2D eigenvalue weighted by Crippen LogP contribution is 2.33. The fourth-order valence-corrected chi connectivity index (χ4v) is 1.96. The van der Waals surface area contributed by atoms with Crippen LogP contribution in [0.1, 0.15) is 19.4 Å². The van der Waals surface area contributed by atoms with Gasteiger partial charge in [0, 0.05) is 12.5 Å². The Balaban J connectivity index is 2.44. The molecule has 0 saturated heterocycles. The van der Waals surface area contributed by atoms with Gasteiger partial charge in [0.25, 0.3) is 0 Å². The molecule has 0 unspecified atom stereocenters. The second-order valence-corrected chi connectivity index (χ2v) is 5.18. The highest BCUT2D eigenvalue weighted by Gasteiger charge is 2.24. The van der Waals surface area contributed by atoms with Crippen molar-refractivity contribution in [3.05, 3.63) is 23.8 Å². The standard InChI is InChI=1S/C13H18N2O2/c1-13(2,8-16)9-4-5-10-11(6-9)15(3)7-12(17)14-10/h4-6,16H,7-8H2,1-3H3,(H,14,17). The second kappa shape index (κ2) is 4.04. The molecule has 0 radical (unpaired) electrons. The van der Waals surface area contributed by atoms with Gasteiger partial charge in [0.2, 0.25) is 5.91 Å². The number of benzene rings is 1. The van der Waals surface area contributed by atoms with Crippen LogP contribution < -0.4 is 10.2 Å². The first-order valence-corrected chi connectivity index (χ1v) is 5.70. The molecule has 0 saturated carbocycles. The lowest BCUT2D eigenvalue weighted by molar-refractivity contribution is -0.115. The summed E-state index contributed by atoms with van der Waals surface area (Å²) in [5.41, 5.74) is 2.64. The maximum atomic E-state index is 11.4. The zero-order valence-corrected chi connectivity index (χ0v) is 10.4. The van der Waals surface area contributed by atoms with E-state index >= 15 is 0 Å². The maximum Gasteiger partial charge on any atom is 0.243 e. The van der Waals surface area contributed by atoms with E-state index < -0.39 is 0 Å². The van der Waals surface area contributed by atoms with Crippen LogP contribution in [0.15, 0.2) is 18.2 Å². The highest BCUT2D eigenvalue weighted by molar-refractivity contribution is 6.01. The second-order valence-electron chi connectivity index (χ2n) is 5.18. The molecule has 1 aliphatic rings. The van der Waals surface area contributed by atoms with Gasteiger partial charge in [-0.05, 0) is 17.7 Å². The Bertz CT molecular complexity index is 455. The van der Waals surface area contributed by atoms with Crippen molar-refractivity contribution in [3.8, 4) is 0 Å². The van der Waals surface area contributed by atoms with Gasteiger partial charge in [0.1, 0.15) is 0 Å². The van der Waals surface area contributed by atoms with Crippen LogP contribution in [-0.2, 0) is 10.2 Å². The zero-order chi connectivity index (χ0) is 12.6. The van der Waals surface area contributed by atoms with Crippen LogP contribution in [0, 0.1) is 0 Å². The molecule has 0 aliphatic carbocycles. The van der Waals surface area contributed by atoms with Crippen molar-refractivity contribution in [2.45, 2.75) is 19.3 Å². The predicted molar refractivity (Wildman–Crippen MR) is 68.5 cm³/mol. The van der Waals surface area contributed by atoms with Crippen LogP contribution in [-0.4, -0.2) is 31.2 Å². The summed E-state index contributed by atoms with van der Waals surface area (Å²) in [4.78, 5) is 13.3. The number of aliphatic hydroxyl groups excluding tert-OH is 1. The molecule has 92 valence electrons. The lowest BCUT2D eigenvalue weighted by Gasteiger charge is -2.30. The van der Waals surface area contributed by atoms with Gasteiger partial charge in [0.05, 0.1) is 24.5 Å². The first-order valence-electron chi connectivity index (χ1n) is 5.70. The van der Waals surface area contributed by atoms with Crippen LogP contribution in [0.5, 0.6) is 0 Å². The van der Waals surface area contributed by atoms with Crippen LogP contribution >= 0.6 is 0 Å². The topological polar surface area (TPSA) is 52.6 Å². The predicted octanol–water partition coefficient (Wildman–Crippen LogP) is 1.34. The molecular weight excluding hydrogens is 216 g/mol. The maximum absolute atomic E-state index is 11.4. The van der Waals surface area contributed by atoms with Crippen molar-refractivity contribution in [2.75, 3.05) is 30.4 Å². The van der Waals surface area contributed by atoms with E-state index in [9.17, 15) is 9.90 Å². The fourth-order valence-electron chi connectivity index (χ4n) is 1.96. The number of nitrogens with one attached hydrogen (secondary N) is 1. The number of hydrogen-bond acceptors (Lipinski definition) is 3. The third-order valence-corrected chi connectivity index (χ3v) is 3.24. The molecule has 2 rings (SSSR count). The molecule has 4 nitrogen and oxygen atoms in total. The van der Waals surface area contributed by atoms with E-state index in [0.29, 0.717) is 6.54 Å². The Morgan fingerprint density at radius 3 is 2.82 bits per heavy atom. The molecule has 0 aromatic heterocycles. The van der Waals surface area contributed by atoms with Crippen molar-refractivity contribution in [1.82, 2.24) is 0 Å². The number of likely N-dealkylation sites (N-methyl/N-ethyl adjacent to an activating group) is 1. The molecule has 17 heavy (non-hydrogen) atoms. The number of carbonyl (C=O) groups is 1. The molecule has 2 N–H and O–H groups in total. The minimum Gasteiger partial charge on any atom is -0.395 e. The summed E-state index contributed by atoms with van der Waals surface area (Å²) in [7, 11) is 1.90. The third-order valence-electron chi connectivity index (χ3n) is 3.24. The first kappa shape index (κ1) is 11.9. The van der Waals surface area contributed by atoms with Gasteiger partial charge < -0.3 is 15.3 Å². The van der Waals surface area contributed by atoms with Gasteiger partial charge >= 0.3 is 0 Å². The van der Waals surface area contributed by atoms with E-state index in [1.54, 1.807) is 0 Å². The smallest absolute Gasteiger partial charge is 0.243 e. The number of nitrogens with zero attached hydrogens (tertiary/aromatic N) is 1. The Morgan fingerprint density at radius 1 is 1.47 bits per heavy atom. The molecule has 1 aliphatic heterocycles. The molecule has 0 spiro atoms. The minimum absolute atomic E-state index is 0.00849. The molecule has 1 amide bonds. The largest absolute Gasteiger partial charge is 0.395 e. The van der Waals surface area contributed by atoms with Crippen LogP contribution in [0.4, 0.5) is 11.4 Å². The van der Waals surface area contributed by atoms with E-state index in [0.717, 1.165) is 16.9 Å². The molecule has 0 fully saturated rings. The monoisotopic (exact) mass is 234 g/mol. The number of fused-ring (bicyclic) bond motifs is 1. The van der Waals surface area contributed by atoms with Crippen molar-refractivity contribution in [1.29, 1.82) is 0 Å². The number of hydrogen-bond donors (Lipinski definition) is 2. The normalized spacial score (nSPS) is 15.5. The van der Waals surface area contributed by atoms with Gasteiger partial charge in [-0.1, -0.05) is 19.9 Å². The van der Waals surface area contributed by atoms with E-state index in [-0.39, 0.29) is 17.9 Å². The van der Waals surface area contributed by atoms with Gasteiger partial charge in [-0.2, -0.15) is 0 Å². The minimum atomic E-state index is -0.267. The first-order chi connectivity index (χ1) is 7.94. The lowest BCUT2D eigenvalue weighted by atomic mass is 9.85. The number of rotatable bonds is 2. The number of carbonyl (C=O) groups excluding carboxylic acids is 1. The van der Waals surface area contributed by atoms with Crippen molar-refractivity contribution in [2.24, 2.45) is 0 Å². The highest BCUT2D eigenvalue weighted by atomic mass is 16.3. The molecular formula is C13H18N2O2. The van der Waals surface area contributed by atoms with E-state index in [1.165, 1.54) is 0 Å². The fraction of sp³-hybridized carbons (Fsp3) is 0.462. The lowest BCUT2D eigenvalue weighted by Crippen LogP contribution is -2.35. The molecule has 0 bridgehead atoms. The summed E-state index contributed by atoms with van der Waals surface area (Å²) in [6, 6.07) is 5.88. The Kier molecular flexibility index (Phi) is 2.83. The quantitative estimate of drug-likeness (QED) is 0.812. The number of anilines is 2. The van der Waals surface area contributed by atoms with E-state index in [2.05, 4.69) is 5.32 Å². The van der Waals surface area contributed by atoms with Gasteiger partial charge in [0.15, 0.2) is 0 Å². The zero-order valence-electron chi connectivity index (χ0n) is 10.4. The molecule has 4 heteroatoms. The van der Waals surface area contributed by atoms with Crippen LogP contribution in [0.2, 0.25) is 0 Å². The summed E-state index contributed by atoms with van der Waals surface area (Å²) in [5.74, 6) is 0.00849. The van der Waals surface area contributed by atoms with Gasteiger partial charge in [-0.15, -0.1) is 0 Å². The van der Waals surface area contributed by atoms with Crippen LogP contribution in [0.3, 0.4) is 0 Å². The van der Waals surface area contributed by atoms with Crippen molar-refractivity contribution >= 4 is 17.3 Å². The Morgan fingerprint density at radius 2 is 2.18 bits per heavy atom. The molecule has 1 aromatic rings.